The van der Waals surface area contributed by atoms with E-state index in [1.54, 1.807) is 19.5 Å². The quantitative estimate of drug-likeness (QED) is 0.919. The van der Waals surface area contributed by atoms with Gasteiger partial charge in [0.25, 0.3) is 0 Å². The van der Waals surface area contributed by atoms with Crippen molar-refractivity contribution in [3.05, 3.63) is 52.6 Å². The van der Waals surface area contributed by atoms with E-state index in [-0.39, 0.29) is 0 Å². The summed E-state index contributed by atoms with van der Waals surface area (Å²) in [4.78, 5) is 8.33. The third-order valence-corrected chi connectivity index (χ3v) is 3.25. The fraction of sp³-hybridized carbons (Fsp3) is 0.333. The van der Waals surface area contributed by atoms with Crippen molar-refractivity contribution in [2.24, 2.45) is 0 Å². The first-order valence-electron chi connectivity index (χ1n) is 6.15. The fourth-order valence-corrected chi connectivity index (χ4v) is 1.98. The molecule has 1 atom stereocenters. The van der Waals surface area contributed by atoms with Crippen LogP contribution in [0.3, 0.4) is 0 Å². The van der Waals surface area contributed by atoms with Crippen LogP contribution in [0, 0.1) is 20.8 Å². The number of aliphatic hydroxyl groups is 1. The van der Waals surface area contributed by atoms with Crippen molar-refractivity contribution in [1.82, 2.24) is 9.97 Å². The van der Waals surface area contributed by atoms with Crippen LogP contribution in [0.15, 0.2) is 24.5 Å². The largest absolute Gasteiger partial charge is 0.496 e. The minimum atomic E-state index is -0.880. The average Bonchev–Trinajstić information content (AvgIpc) is 2.41. The molecule has 2 rings (SSSR count). The lowest BCUT2D eigenvalue weighted by Crippen LogP contribution is -2.08. The first kappa shape index (κ1) is 13.5. The highest BCUT2D eigenvalue weighted by molar-refractivity contribution is 5.47. The van der Waals surface area contributed by atoms with Crippen LogP contribution >= 0.6 is 0 Å². The van der Waals surface area contributed by atoms with E-state index < -0.39 is 6.10 Å². The summed E-state index contributed by atoms with van der Waals surface area (Å²) < 4.78 is 5.41. The van der Waals surface area contributed by atoms with Crippen LogP contribution in [0.25, 0.3) is 0 Å². The van der Waals surface area contributed by atoms with Gasteiger partial charge in [-0.15, -0.1) is 0 Å². The van der Waals surface area contributed by atoms with E-state index in [1.807, 2.05) is 32.9 Å². The number of methoxy groups -OCH3 is 1. The Kier molecular flexibility index (Phi) is 3.81. The third-order valence-electron chi connectivity index (χ3n) is 3.25. The van der Waals surface area contributed by atoms with Gasteiger partial charge in [-0.1, -0.05) is 12.1 Å². The Labute approximate surface area is 113 Å². The van der Waals surface area contributed by atoms with Crippen LogP contribution in [-0.4, -0.2) is 22.2 Å². The molecule has 100 valence electrons. The highest BCUT2D eigenvalue weighted by atomic mass is 16.5. The summed E-state index contributed by atoms with van der Waals surface area (Å²) in [5.41, 5.74) is 3.79. The number of hydrogen-bond donors (Lipinski definition) is 1. The smallest absolute Gasteiger partial charge is 0.161 e. The van der Waals surface area contributed by atoms with E-state index in [1.165, 1.54) is 0 Å². The van der Waals surface area contributed by atoms with Crippen molar-refractivity contribution in [2.75, 3.05) is 7.11 Å². The molecule has 0 aliphatic carbocycles. The lowest BCUT2D eigenvalue weighted by molar-refractivity contribution is 0.204. The Morgan fingerprint density at radius 3 is 2.32 bits per heavy atom. The van der Waals surface area contributed by atoms with Crippen molar-refractivity contribution in [2.45, 2.75) is 26.9 Å². The summed E-state index contributed by atoms with van der Waals surface area (Å²) in [7, 11) is 1.61. The Bertz CT molecular complexity index is 579. The second-order valence-electron chi connectivity index (χ2n) is 4.65. The maximum Gasteiger partial charge on any atom is 0.161 e. The van der Waals surface area contributed by atoms with Crippen LogP contribution in [0.5, 0.6) is 5.75 Å². The number of aliphatic hydroxyl groups excluding tert-OH is 1. The van der Waals surface area contributed by atoms with E-state index in [4.69, 9.17) is 4.74 Å². The number of benzene rings is 1. The van der Waals surface area contributed by atoms with Crippen LogP contribution in [0.1, 0.15) is 34.2 Å². The Morgan fingerprint density at radius 1 is 1.11 bits per heavy atom. The molecular formula is C15H18N2O2. The predicted molar refractivity (Wildman–Crippen MR) is 73.3 cm³/mol. The van der Waals surface area contributed by atoms with Gasteiger partial charge in [0.2, 0.25) is 0 Å². The van der Waals surface area contributed by atoms with Gasteiger partial charge in [-0.25, -0.2) is 9.97 Å². The van der Waals surface area contributed by atoms with Crippen LogP contribution in [0.4, 0.5) is 0 Å². The lowest BCUT2D eigenvalue weighted by Gasteiger charge is -2.17. The maximum absolute atomic E-state index is 10.4. The first-order chi connectivity index (χ1) is 9.04. The molecular weight excluding hydrogens is 240 g/mol. The van der Waals surface area contributed by atoms with Crippen LogP contribution in [0.2, 0.25) is 0 Å². The van der Waals surface area contributed by atoms with Gasteiger partial charge in [0.15, 0.2) is 5.82 Å². The second-order valence-corrected chi connectivity index (χ2v) is 4.65. The normalized spacial score (nSPS) is 12.3. The summed E-state index contributed by atoms with van der Waals surface area (Å²) in [5, 5.41) is 10.4. The van der Waals surface area contributed by atoms with E-state index in [0.717, 1.165) is 16.7 Å². The zero-order chi connectivity index (χ0) is 14.0. The van der Waals surface area contributed by atoms with Crippen molar-refractivity contribution in [3.8, 4) is 5.75 Å². The Balaban J connectivity index is 2.46. The molecule has 0 radical (unpaired) electrons. The minimum Gasteiger partial charge on any atom is -0.496 e. The molecule has 0 fully saturated rings. The van der Waals surface area contributed by atoms with E-state index in [2.05, 4.69) is 9.97 Å². The molecule has 1 aromatic heterocycles. The molecule has 4 nitrogen and oxygen atoms in total. The van der Waals surface area contributed by atoms with E-state index >= 15 is 0 Å². The molecule has 0 amide bonds. The molecule has 0 saturated carbocycles. The number of rotatable bonds is 3. The standard InChI is InChI=1S/C15H18N2O2/c1-9-7-16-15(17-8-9)13(18)12-6-5-10(2)11(3)14(12)19-4/h5-8,13,18H,1-4H3. The molecule has 0 aliphatic heterocycles. The molecule has 2 aromatic rings. The van der Waals surface area contributed by atoms with Crippen molar-refractivity contribution >= 4 is 0 Å². The van der Waals surface area contributed by atoms with Crippen molar-refractivity contribution in [1.29, 1.82) is 0 Å². The van der Waals surface area contributed by atoms with Gasteiger partial charge in [0.05, 0.1) is 7.11 Å². The average molecular weight is 258 g/mol. The summed E-state index contributed by atoms with van der Waals surface area (Å²) in [6, 6.07) is 3.82. The number of nitrogens with zero attached hydrogens (tertiary/aromatic N) is 2. The second kappa shape index (κ2) is 5.36. The summed E-state index contributed by atoms with van der Waals surface area (Å²) in [6.07, 6.45) is 2.51. The molecule has 4 heteroatoms. The number of aromatic nitrogens is 2. The van der Waals surface area contributed by atoms with Gasteiger partial charge in [0.1, 0.15) is 11.9 Å². The molecule has 1 unspecified atom stereocenters. The zero-order valence-corrected chi connectivity index (χ0v) is 11.6. The SMILES string of the molecule is COc1c(C(O)c2ncc(C)cn2)ccc(C)c1C. The van der Waals surface area contributed by atoms with E-state index in [0.29, 0.717) is 17.1 Å². The van der Waals surface area contributed by atoms with Gasteiger partial charge in [-0.3, -0.25) is 0 Å². The van der Waals surface area contributed by atoms with Crippen LogP contribution in [-0.2, 0) is 0 Å². The number of ether oxygens (including phenoxy) is 1. The highest BCUT2D eigenvalue weighted by Gasteiger charge is 2.19. The summed E-state index contributed by atoms with van der Waals surface area (Å²) in [6.45, 7) is 5.89. The molecule has 0 saturated heterocycles. The molecule has 1 N–H and O–H groups in total. The lowest BCUT2D eigenvalue weighted by atomic mass is 10.00. The Hall–Kier alpha value is -1.94. The maximum atomic E-state index is 10.4. The molecule has 0 spiro atoms. The molecule has 19 heavy (non-hydrogen) atoms. The first-order valence-corrected chi connectivity index (χ1v) is 6.15. The van der Waals surface area contributed by atoms with Crippen LogP contribution < -0.4 is 4.74 Å². The topological polar surface area (TPSA) is 55.2 Å². The molecule has 0 aliphatic rings. The Morgan fingerprint density at radius 2 is 1.74 bits per heavy atom. The van der Waals surface area contributed by atoms with Crippen molar-refractivity contribution < 1.29 is 9.84 Å². The van der Waals surface area contributed by atoms with Gasteiger partial charge < -0.3 is 9.84 Å². The molecule has 0 bridgehead atoms. The monoisotopic (exact) mass is 258 g/mol. The summed E-state index contributed by atoms with van der Waals surface area (Å²) >= 11 is 0. The fourth-order valence-electron chi connectivity index (χ4n) is 1.98. The molecule has 1 heterocycles. The van der Waals surface area contributed by atoms with Gasteiger partial charge in [-0.05, 0) is 37.5 Å². The number of aryl methyl sites for hydroxylation is 2. The number of hydrogen-bond acceptors (Lipinski definition) is 4. The minimum absolute atomic E-state index is 0.382. The zero-order valence-electron chi connectivity index (χ0n) is 11.6. The molecule has 1 aromatic carbocycles. The summed E-state index contributed by atoms with van der Waals surface area (Å²) in [5.74, 6) is 1.07. The predicted octanol–water partition coefficient (Wildman–Crippen LogP) is 2.49. The van der Waals surface area contributed by atoms with Gasteiger partial charge in [0, 0.05) is 18.0 Å². The van der Waals surface area contributed by atoms with Crippen molar-refractivity contribution in [3.63, 3.8) is 0 Å². The van der Waals surface area contributed by atoms with E-state index in [9.17, 15) is 5.11 Å². The third kappa shape index (κ3) is 2.58. The van der Waals surface area contributed by atoms with Gasteiger partial charge >= 0.3 is 0 Å². The highest BCUT2D eigenvalue weighted by Crippen LogP contribution is 2.32. The van der Waals surface area contributed by atoms with Gasteiger partial charge in [-0.2, -0.15) is 0 Å².